The number of hydrogen-bond acceptors (Lipinski definition) is 5. The molecule has 2 aromatic rings. The number of rotatable bonds is 4. The lowest BCUT2D eigenvalue weighted by Gasteiger charge is -2.34. The molecular formula is C16H20N2O2S. The van der Waals surface area contributed by atoms with Crippen LogP contribution in [0.25, 0.3) is 0 Å². The van der Waals surface area contributed by atoms with E-state index in [1.165, 1.54) is 5.56 Å². The van der Waals surface area contributed by atoms with E-state index in [9.17, 15) is 0 Å². The van der Waals surface area contributed by atoms with Gasteiger partial charge in [-0.2, -0.15) is 0 Å². The molecule has 0 radical (unpaired) electrons. The van der Waals surface area contributed by atoms with Crippen LogP contribution in [0.3, 0.4) is 0 Å². The molecule has 1 fully saturated rings. The van der Waals surface area contributed by atoms with E-state index < -0.39 is 0 Å². The van der Waals surface area contributed by atoms with Gasteiger partial charge in [0.15, 0.2) is 0 Å². The average molecular weight is 304 g/mol. The second-order valence-corrected chi connectivity index (χ2v) is 6.23. The molecule has 5 heteroatoms. The lowest BCUT2D eigenvalue weighted by molar-refractivity contribution is -0.0143. The summed E-state index contributed by atoms with van der Waals surface area (Å²) in [6.45, 7) is 5.30. The number of para-hydroxylation sites is 1. The standard InChI is InChI=1S/C16H20N2O2S/c1-12-17-14(11-21-12)15-10-20-8-7-18(15)9-13-5-3-4-6-16(13)19-2/h3-6,11,15H,7-10H2,1-2H3. The van der Waals surface area contributed by atoms with Gasteiger partial charge in [-0.05, 0) is 13.0 Å². The lowest BCUT2D eigenvalue weighted by atomic mass is 10.1. The Kier molecular flexibility index (Phi) is 4.53. The fraction of sp³-hybridized carbons (Fsp3) is 0.438. The Balaban J connectivity index is 1.81. The minimum atomic E-state index is 0.230. The van der Waals surface area contributed by atoms with Gasteiger partial charge in [-0.1, -0.05) is 18.2 Å². The van der Waals surface area contributed by atoms with Crippen molar-refractivity contribution in [1.29, 1.82) is 0 Å². The van der Waals surface area contributed by atoms with Crippen LogP contribution in [-0.4, -0.2) is 36.8 Å². The molecule has 1 atom stereocenters. The highest BCUT2D eigenvalue weighted by molar-refractivity contribution is 7.09. The molecule has 1 aliphatic rings. The van der Waals surface area contributed by atoms with Crippen molar-refractivity contribution in [3.05, 3.63) is 45.9 Å². The molecule has 3 rings (SSSR count). The van der Waals surface area contributed by atoms with Gasteiger partial charge in [-0.3, -0.25) is 4.90 Å². The van der Waals surface area contributed by atoms with Gasteiger partial charge < -0.3 is 9.47 Å². The van der Waals surface area contributed by atoms with Gasteiger partial charge in [0.25, 0.3) is 0 Å². The Morgan fingerprint density at radius 2 is 2.29 bits per heavy atom. The van der Waals surface area contributed by atoms with E-state index in [1.807, 2.05) is 19.1 Å². The fourth-order valence-corrected chi connectivity index (χ4v) is 3.34. The smallest absolute Gasteiger partial charge is 0.123 e. The second kappa shape index (κ2) is 6.56. The maximum atomic E-state index is 5.66. The summed E-state index contributed by atoms with van der Waals surface area (Å²) >= 11 is 1.70. The summed E-state index contributed by atoms with van der Waals surface area (Å²) in [7, 11) is 1.72. The minimum Gasteiger partial charge on any atom is -0.496 e. The van der Waals surface area contributed by atoms with Crippen LogP contribution in [0, 0.1) is 6.92 Å². The first-order chi connectivity index (χ1) is 10.3. The molecule has 2 heterocycles. The maximum absolute atomic E-state index is 5.66. The van der Waals surface area contributed by atoms with Crippen LogP contribution < -0.4 is 4.74 Å². The Hall–Kier alpha value is -1.43. The molecule has 0 bridgehead atoms. The summed E-state index contributed by atoms with van der Waals surface area (Å²) in [6, 6.07) is 8.42. The Bertz CT molecular complexity index is 599. The van der Waals surface area contributed by atoms with E-state index in [0.29, 0.717) is 6.61 Å². The quantitative estimate of drug-likeness (QED) is 0.869. The number of aryl methyl sites for hydroxylation is 1. The zero-order valence-corrected chi connectivity index (χ0v) is 13.2. The number of hydrogen-bond donors (Lipinski definition) is 0. The van der Waals surface area contributed by atoms with Crippen molar-refractivity contribution in [2.45, 2.75) is 19.5 Å². The molecular weight excluding hydrogens is 284 g/mol. The van der Waals surface area contributed by atoms with E-state index in [4.69, 9.17) is 9.47 Å². The van der Waals surface area contributed by atoms with Crippen LogP contribution in [0.15, 0.2) is 29.6 Å². The largest absolute Gasteiger partial charge is 0.496 e. The third-order valence-corrected chi connectivity index (χ3v) is 4.58. The van der Waals surface area contributed by atoms with Crippen LogP contribution >= 0.6 is 11.3 Å². The summed E-state index contributed by atoms with van der Waals surface area (Å²) in [5, 5.41) is 3.25. The first-order valence-corrected chi connectivity index (χ1v) is 8.01. The molecule has 112 valence electrons. The molecule has 0 N–H and O–H groups in total. The van der Waals surface area contributed by atoms with E-state index in [1.54, 1.807) is 18.4 Å². The number of aromatic nitrogens is 1. The van der Waals surface area contributed by atoms with Crippen LogP contribution in [0.1, 0.15) is 22.3 Å². The monoisotopic (exact) mass is 304 g/mol. The van der Waals surface area contributed by atoms with Crippen LogP contribution in [0.2, 0.25) is 0 Å². The van der Waals surface area contributed by atoms with Gasteiger partial charge in [0, 0.05) is 24.0 Å². The second-order valence-electron chi connectivity index (χ2n) is 5.16. The number of ether oxygens (including phenoxy) is 2. The normalized spacial score (nSPS) is 19.6. The number of methoxy groups -OCH3 is 1. The molecule has 1 aromatic heterocycles. The molecule has 1 aromatic carbocycles. The van der Waals surface area contributed by atoms with Crippen LogP contribution in [0.5, 0.6) is 5.75 Å². The Morgan fingerprint density at radius 1 is 1.43 bits per heavy atom. The Labute approximate surface area is 129 Å². The van der Waals surface area contributed by atoms with Gasteiger partial charge in [0.2, 0.25) is 0 Å². The summed E-state index contributed by atoms with van der Waals surface area (Å²) in [4.78, 5) is 7.06. The van der Waals surface area contributed by atoms with Gasteiger partial charge >= 0.3 is 0 Å². The minimum absolute atomic E-state index is 0.230. The van der Waals surface area contributed by atoms with E-state index >= 15 is 0 Å². The van der Waals surface area contributed by atoms with Gasteiger partial charge in [-0.25, -0.2) is 4.98 Å². The number of thiazole rings is 1. The highest BCUT2D eigenvalue weighted by Crippen LogP contribution is 2.29. The number of nitrogens with zero attached hydrogens (tertiary/aromatic N) is 2. The lowest BCUT2D eigenvalue weighted by Crippen LogP contribution is -2.39. The molecule has 0 amide bonds. The molecule has 0 spiro atoms. The first-order valence-electron chi connectivity index (χ1n) is 7.13. The maximum Gasteiger partial charge on any atom is 0.123 e. The summed E-state index contributed by atoms with van der Waals surface area (Å²) < 4.78 is 11.1. The number of morpholine rings is 1. The zero-order valence-electron chi connectivity index (χ0n) is 12.4. The third-order valence-electron chi connectivity index (χ3n) is 3.78. The van der Waals surface area contributed by atoms with Crippen molar-refractivity contribution in [2.24, 2.45) is 0 Å². The van der Waals surface area contributed by atoms with Crippen molar-refractivity contribution < 1.29 is 9.47 Å². The molecule has 4 nitrogen and oxygen atoms in total. The summed E-state index contributed by atoms with van der Waals surface area (Å²) in [5.74, 6) is 0.942. The topological polar surface area (TPSA) is 34.6 Å². The first kappa shape index (κ1) is 14.5. The van der Waals surface area contributed by atoms with E-state index in [-0.39, 0.29) is 6.04 Å². The molecule has 0 aliphatic carbocycles. The molecule has 1 aliphatic heterocycles. The predicted octanol–water partition coefficient (Wildman–Crippen LogP) is 3.03. The van der Waals surface area contributed by atoms with Gasteiger partial charge in [-0.15, -0.1) is 11.3 Å². The highest BCUT2D eigenvalue weighted by atomic mass is 32.1. The number of benzene rings is 1. The fourth-order valence-electron chi connectivity index (χ4n) is 2.69. The van der Waals surface area contributed by atoms with Crippen molar-refractivity contribution in [1.82, 2.24) is 9.88 Å². The van der Waals surface area contributed by atoms with E-state index in [0.717, 1.165) is 36.1 Å². The van der Waals surface area contributed by atoms with Crippen molar-refractivity contribution in [3.63, 3.8) is 0 Å². The zero-order chi connectivity index (χ0) is 14.7. The predicted molar refractivity (Wildman–Crippen MR) is 83.8 cm³/mol. The molecule has 21 heavy (non-hydrogen) atoms. The van der Waals surface area contributed by atoms with E-state index in [2.05, 4.69) is 27.4 Å². The van der Waals surface area contributed by atoms with Crippen molar-refractivity contribution in [3.8, 4) is 5.75 Å². The van der Waals surface area contributed by atoms with Crippen molar-refractivity contribution in [2.75, 3.05) is 26.9 Å². The molecule has 1 unspecified atom stereocenters. The van der Waals surface area contributed by atoms with Crippen LogP contribution in [-0.2, 0) is 11.3 Å². The summed E-state index contributed by atoms with van der Waals surface area (Å²) in [5.41, 5.74) is 2.32. The average Bonchev–Trinajstić information content (AvgIpc) is 2.95. The third kappa shape index (κ3) is 3.26. The Morgan fingerprint density at radius 3 is 3.05 bits per heavy atom. The summed E-state index contributed by atoms with van der Waals surface area (Å²) in [6.07, 6.45) is 0. The van der Waals surface area contributed by atoms with Crippen molar-refractivity contribution >= 4 is 11.3 Å². The highest BCUT2D eigenvalue weighted by Gasteiger charge is 2.27. The van der Waals surface area contributed by atoms with Gasteiger partial charge in [0.1, 0.15) is 5.75 Å². The SMILES string of the molecule is COc1ccccc1CN1CCOCC1c1csc(C)n1. The van der Waals surface area contributed by atoms with Crippen LogP contribution in [0.4, 0.5) is 0 Å². The molecule has 0 saturated carbocycles. The molecule has 1 saturated heterocycles. The van der Waals surface area contributed by atoms with Gasteiger partial charge in [0.05, 0.1) is 37.1 Å².